The minimum Gasteiger partial charge on any atom is -0.377 e. The number of nitrogens with one attached hydrogen (secondary N) is 2. The van der Waals surface area contributed by atoms with Crippen LogP contribution in [0.5, 0.6) is 0 Å². The Morgan fingerprint density at radius 3 is 2.60 bits per heavy atom. The Hall–Kier alpha value is -1.01. The maximum Gasteiger partial charge on any atom is 0.158 e. The average Bonchev–Trinajstić information content (AvgIpc) is 2.95. The molecule has 112 valence electrons. The number of rotatable bonds is 7. The molecule has 1 aromatic rings. The fraction of sp³-hybridized carbons (Fsp3) is 0.714. The van der Waals surface area contributed by atoms with E-state index >= 15 is 0 Å². The lowest BCUT2D eigenvalue weighted by Crippen LogP contribution is -2.30. The summed E-state index contributed by atoms with van der Waals surface area (Å²) >= 11 is 1.98. The van der Waals surface area contributed by atoms with Crippen molar-refractivity contribution in [3.8, 4) is 0 Å². The zero-order chi connectivity index (χ0) is 14.4. The van der Waals surface area contributed by atoms with E-state index < -0.39 is 0 Å². The molecule has 0 atom stereocenters. The topological polar surface area (TPSA) is 59.1 Å². The molecule has 1 saturated carbocycles. The van der Waals surface area contributed by atoms with E-state index in [1.165, 1.54) is 25.7 Å². The Kier molecular flexibility index (Phi) is 5.48. The zero-order valence-electron chi connectivity index (χ0n) is 12.5. The van der Waals surface area contributed by atoms with Gasteiger partial charge in [-0.2, -0.15) is 11.8 Å². The van der Waals surface area contributed by atoms with E-state index in [0.717, 1.165) is 18.2 Å². The smallest absolute Gasteiger partial charge is 0.158 e. The Morgan fingerprint density at radius 2 is 2.00 bits per heavy atom. The van der Waals surface area contributed by atoms with E-state index in [-0.39, 0.29) is 0 Å². The number of thioether (sulfide) groups is 1. The van der Waals surface area contributed by atoms with Gasteiger partial charge in [-0.25, -0.2) is 9.97 Å². The summed E-state index contributed by atoms with van der Waals surface area (Å²) < 4.78 is 5.48. The molecule has 5 nitrogen and oxygen atoms in total. The van der Waals surface area contributed by atoms with Crippen molar-refractivity contribution < 1.29 is 4.74 Å². The monoisotopic (exact) mass is 296 g/mol. The van der Waals surface area contributed by atoms with Crippen molar-refractivity contribution in [2.75, 3.05) is 37.6 Å². The quantitative estimate of drug-likeness (QED) is 0.807. The first kappa shape index (κ1) is 15.4. The molecule has 1 heterocycles. The van der Waals surface area contributed by atoms with Gasteiger partial charge in [0.1, 0.15) is 18.2 Å². The number of ether oxygens (including phenoxy) is 1. The van der Waals surface area contributed by atoms with Gasteiger partial charge in [0.15, 0.2) is 5.82 Å². The third-order valence-electron chi connectivity index (χ3n) is 3.84. The van der Waals surface area contributed by atoms with E-state index in [0.29, 0.717) is 17.2 Å². The van der Waals surface area contributed by atoms with Gasteiger partial charge in [-0.05, 0) is 19.1 Å². The molecule has 1 aliphatic carbocycles. The Balaban J connectivity index is 2.06. The Labute approximate surface area is 125 Å². The molecule has 0 unspecified atom stereocenters. The summed E-state index contributed by atoms with van der Waals surface area (Å²) in [6.07, 6.45) is 7.46. The summed E-state index contributed by atoms with van der Waals surface area (Å²) in [6, 6.07) is 1.95. The van der Waals surface area contributed by atoms with Crippen LogP contribution in [0.1, 0.15) is 31.5 Å². The van der Waals surface area contributed by atoms with Crippen molar-refractivity contribution in [3.05, 3.63) is 11.9 Å². The summed E-state index contributed by atoms with van der Waals surface area (Å²) in [7, 11) is 3.52. The van der Waals surface area contributed by atoms with Gasteiger partial charge >= 0.3 is 0 Å². The molecule has 0 aromatic carbocycles. The molecule has 0 amide bonds. The molecular formula is C14H24N4OS. The third-order valence-corrected chi connectivity index (χ3v) is 5.26. The maximum absolute atomic E-state index is 5.12. The predicted molar refractivity (Wildman–Crippen MR) is 85.5 cm³/mol. The maximum atomic E-state index is 5.12. The van der Waals surface area contributed by atoms with Gasteiger partial charge in [0.2, 0.25) is 0 Å². The average molecular weight is 296 g/mol. The van der Waals surface area contributed by atoms with E-state index in [1.54, 1.807) is 7.11 Å². The lowest BCUT2D eigenvalue weighted by molar-refractivity contribution is 0.178. The zero-order valence-corrected chi connectivity index (χ0v) is 13.3. The van der Waals surface area contributed by atoms with Crippen molar-refractivity contribution in [2.45, 2.75) is 37.0 Å². The second-order valence-electron chi connectivity index (χ2n) is 5.19. The number of nitrogens with zero attached hydrogens (tertiary/aromatic N) is 2. The molecule has 1 aliphatic rings. The Bertz CT molecular complexity index is 435. The summed E-state index contributed by atoms with van der Waals surface area (Å²) in [6.45, 7) is 1.39. The molecule has 1 aromatic heterocycles. The predicted octanol–water partition coefficient (Wildman–Crippen LogP) is 2.75. The normalized spacial score (nSPS) is 17.1. The summed E-state index contributed by atoms with van der Waals surface area (Å²) in [4.78, 5) is 8.87. The molecular weight excluding hydrogens is 272 g/mol. The first-order valence-corrected chi connectivity index (χ1v) is 8.27. The largest absolute Gasteiger partial charge is 0.377 e. The number of hydrogen-bond donors (Lipinski definition) is 2. The fourth-order valence-electron chi connectivity index (χ4n) is 2.63. The van der Waals surface area contributed by atoms with Crippen LogP contribution in [0.2, 0.25) is 0 Å². The molecule has 6 heteroatoms. The van der Waals surface area contributed by atoms with Crippen LogP contribution in [0.3, 0.4) is 0 Å². The highest BCUT2D eigenvalue weighted by atomic mass is 32.2. The number of aromatic nitrogens is 2. The highest BCUT2D eigenvalue weighted by Crippen LogP contribution is 2.40. The van der Waals surface area contributed by atoms with Crippen LogP contribution >= 0.6 is 11.8 Å². The van der Waals surface area contributed by atoms with E-state index in [4.69, 9.17) is 4.74 Å². The second kappa shape index (κ2) is 7.13. The van der Waals surface area contributed by atoms with Gasteiger partial charge in [0.25, 0.3) is 0 Å². The van der Waals surface area contributed by atoms with Crippen LogP contribution in [-0.4, -0.2) is 41.7 Å². The molecule has 2 N–H and O–H groups in total. The molecule has 1 fully saturated rings. The first-order valence-electron chi connectivity index (χ1n) is 7.05. The van der Waals surface area contributed by atoms with E-state index in [9.17, 15) is 0 Å². The van der Waals surface area contributed by atoms with Crippen molar-refractivity contribution in [1.29, 1.82) is 0 Å². The van der Waals surface area contributed by atoms with Crippen LogP contribution in [0.25, 0.3) is 0 Å². The second-order valence-corrected chi connectivity index (χ2v) is 6.46. The number of anilines is 2. The van der Waals surface area contributed by atoms with Crippen LogP contribution in [0.15, 0.2) is 6.07 Å². The van der Waals surface area contributed by atoms with Gasteiger partial charge in [0, 0.05) is 31.5 Å². The highest BCUT2D eigenvalue weighted by molar-refractivity contribution is 8.00. The van der Waals surface area contributed by atoms with Crippen LogP contribution < -0.4 is 10.6 Å². The number of methoxy groups -OCH3 is 1. The minimum atomic E-state index is 0.367. The van der Waals surface area contributed by atoms with Gasteiger partial charge < -0.3 is 15.4 Å². The third kappa shape index (κ3) is 3.76. The van der Waals surface area contributed by atoms with Crippen molar-refractivity contribution in [1.82, 2.24) is 9.97 Å². The van der Waals surface area contributed by atoms with Gasteiger partial charge in [-0.3, -0.25) is 0 Å². The lowest BCUT2D eigenvalue weighted by Gasteiger charge is -2.27. The first-order chi connectivity index (χ1) is 9.71. The molecule has 0 radical (unpaired) electrons. The summed E-state index contributed by atoms with van der Waals surface area (Å²) in [5.74, 6) is 2.39. The number of hydrogen-bond acceptors (Lipinski definition) is 6. The molecule has 0 aliphatic heterocycles. The molecule has 0 spiro atoms. The summed E-state index contributed by atoms with van der Waals surface area (Å²) in [5, 5.41) is 6.55. The molecule has 20 heavy (non-hydrogen) atoms. The van der Waals surface area contributed by atoms with Crippen LogP contribution in [0, 0.1) is 0 Å². The standard InChI is InChI=1S/C14H24N4OS/c1-15-11-8-12(18-13(17-11)9-19-2)16-10-14(20-3)6-4-5-7-14/h8H,4-7,9-10H2,1-3H3,(H2,15,16,17,18). The summed E-state index contributed by atoms with van der Waals surface area (Å²) in [5.41, 5.74) is 0. The van der Waals surface area contributed by atoms with E-state index in [1.807, 2.05) is 24.9 Å². The molecule has 0 saturated heterocycles. The van der Waals surface area contributed by atoms with Crippen molar-refractivity contribution in [2.24, 2.45) is 0 Å². The Morgan fingerprint density at radius 1 is 1.30 bits per heavy atom. The van der Waals surface area contributed by atoms with Crippen molar-refractivity contribution >= 4 is 23.4 Å². The van der Waals surface area contributed by atoms with Crippen LogP contribution in [-0.2, 0) is 11.3 Å². The van der Waals surface area contributed by atoms with Gasteiger partial charge in [0.05, 0.1) is 0 Å². The molecule has 0 bridgehead atoms. The van der Waals surface area contributed by atoms with Gasteiger partial charge in [-0.1, -0.05) is 12.8 Å². The van der Waals surface area contributed by atoms with Gasteiger partial charge in [-0.15, -0.1) is 0 Å². The molecule has 2 rings (SSSR count). The SMILES string of the molecule is CNc1cc(NCC2(SC)CCCC2)nc(COC)n1. The van der Waals surface area contributed by atoms with Crippen molar-refractivity contribution in [3.63, 3.8) is 0 Å². The fourth-order valence-corrected chi connectivity index (χ4v) is 3.55. The highest BCUT2D eigenvalue weighted by Gasteiger charge is 2.32. The van der Waals surface area contributed by atoms with E-state index in [2.05, 4.69) is 26.9 Å². The van der Waals surface area contributed by atoms with Crippen LogP contribution in [0.4, 0.5) is 11.6 Å². The minimum absolute atomic E-state index is 0.367. The lowest BCUT2D eigenvalue weighted by atomic mass is 10.1.